The van der Waals surface area contributed by atoms with Crippen LogP contribution >= 0.6 is 0 Å². The second kappa shape index (κ2) is 8.51. The van der Waals surface area contributed by atoms with Gasteiger partial charge in [0.05, 0.1) is 0 Å². The van der Waals surface area contributed by atoms with Crippen LogP contribution in [0, 0.1) is 17.8 Å². The molecule has 102 valence electrons. The number of amides is 1. The fourth-order valence-electron chi connectivity index (χ4n) is 2.24. The third-order valence-corrected chi connectivity index (χ3v) is 3.29. The average Bonchev–Trinajstić information content (AvgIpc) is 2.16. The second-order valence-corrected chi connectivity index (χ2v) is 5.62. The summed E-state index contributed by atoms with van der Waals surface area (Å²) < 4.78 is 0. The van der Waals surface area contributed by atoms with Crippen LogP contribution in [0.3, 0.4) is 0 Å². The minimum absolute atomic E-state index is 0.157. The van der Waals surface area contributed by atoms with Crippen LogP contribution in [0.15, 0.2) is 0 Å². The molecule has 1 amide bonds. The molecule has 17 heavy (non-hydrogen) atoms. The van der Waals surface area contributed by atoms with Crippen molar-refractivity contribution in [2.24, 2.45) is 17.8 Å². The first-order valence-electron chi connectivity index (χ1n) is 6.88. The highest BCUT2D eigenvalue weighted by Crippen LogP contribution is 2.19. The van der Waals surface area contributed by atoms with E-state index in [1.54, 1.807) is 0 Å². The molecule has 0 fully saturated rings. The molecule has 0 aromatic carbocycles. The Kier molecular flexibility index (Phi) is 8.23. The summed E-state index contributed by atoms with van der Waals surface area (Å²) in [5.74, 6) is 1.95. The summed E-state index contributed by atoms with van der Waals surface area (Å²) in [6.07, 6.45) is 0.566. The molecule has 0 aliphatic heterocycles. The molecule has 0 saturated carbocycles. The predicted octanol–water partition coefficient (Wildman–Crippen LogP) is 2.42. The second-order valence-electron chi connectivity index (χ2n) is 5.62. The molecule has 0 heterocycles. The van der Waals surface area contributed by atoms with E-state index in [1.807, 2.05) is 6.92 Å². The number of carbonyl (C=O) groups excluding carboxylic acids is 1. The molecular formula is C14H30N2O. The van der Waals surface area contributed by atoms with Crippen LogP contribution < -0.4 is 10.6 Å². The summed E-state index contributed by atoms with van der Waals surface area (Å²) in [5, 5.41) is 6.30. The van der Waals surface area contributed by atoms with Gasteiger partial charge in [-0.15, -0.1) is 0 Å². The summed E-state index contributed by atoms with van der Waals surface area (Å²) in [6, 6.07) is 0.261. The van der Waals surface area contributed by atoms with E-state index in [0.717, 1.165) is 13.1 Å². The monoisotopic (exact) mass is 242 g/mol. The van der Waals surface area contributed by atoms with E-state index < -0.39 is 0 Å². The third kappa shape index (κ3) is 7.37. The molecule has 0 spiro atoms. The summed E-state index contributed by atoms with van der Waals surface area (Å²) in [5.41, 5.74) is 0. The lowest BCUT2D eigenvalue weighted by molar-refractivity contribution is -0.121. The van der Waals surface area contributed by atoms with E-state index >= 15 is 0 Å². The summed E-state index contributed by atoms with van der Waals surface area (Å²) >= 11 is 0. The van der Waals surface area contributed by atoms with E-state index in [0.29, 0.717) is 24.2 Å². The number of nitrogens with one attached hydrogen (secondary N) is 2. The van der Waals surface area contributed by atoms with Crippen LogP contribution in [0.1, 0.15) is 48.0 Å². The van der Waals surface area contributed by atoms with Crippen LogP contribution in [-0.2, 0) is 4.79 Å². The van der Waals surface area contributed by atoms with Gasteiger partial charge in [0.25, 0.3) is 0 Å². The maximum atomic E-state index is 11.7. The molecule has 0 radical (unpaired) electrons. The first-order chi connectivity index (χ1) is 7.88. The zero-order valence-corrected chi connectivity index (χ0v) is 12.3. The summed E-state index contributed by atoms with van der Waals surface area (Å²) in [7, 11) is 0. The lowest BCUT2D eigenvalue weighted by Crippen LogP contribution is -2.37. The molecule has 3 heteroatoms. The van der Waals surface area contributed by atoms with Crippen LogP contribution in [0.4, 0.5) is 0 Å². The van der Waals surface area contributed by atoms with Gasteiger partial charge in [0.15, 0.2) is 0 Å². The first kappa shape index (κ1) is 16.4. The Balaban J connectivity index is 3.96. The van der Waals surface area contributed by atoms with Crippen LogP contribution in [0.5, 0.6) is 0 Å². The van der Waals surface area contributed by atoms with Crippen LogP contribution in [0.25, 0.3) is 0 Å². The number of hydrogen-bond donors (Lipinski definition) is 2. The molecule has 0 saturated heterocycles. The Morgan fingerprint density at radius 1 is 1.06 bits per heavy atom. The molecule has 0 aliphatic rings. The van der Waals surface area contributed by atoms with Crippen molar-refractivity contribution in [3.63, 3.8) is 0 Å². The van der Waals surface area contributed by atoms with Gasteiger partial charge in [0, 0.05) is 19.0 Å². The standard InChI is InChI=1S/C14H30N2O/c1-7-15-12(6)8-14(17)16-9-13(10(2)3)11(4)5/h10-13,15H,7-9H2,1-6H3,(H,16,17). The molecule has 0 aromatic rings. The van der Waals surface area contributed by atoms with Crippen molar-refractivity contribution in [3.05, 3.63) is 0 Å². The van der Waals surface area contributed by atoms with Crippen LogP contribution in [0.2, 0.25) is 0 Å². The van der Waals surface area contributed by atoms with Gasteiger partial charge in [-0.05, 0) is 31.2 Å². The Labute approximate surface area is 107 Å². The smallest absolute Gasteiger partial charge is 0.221 e. The third-order valence-electron chi connectivity index (χ3n) is 3.29. The molecular weight excluding hydrogens is 212 g/mol. The van der Waals surface area contributed by atoms with Gasteiger partial charge in [-0.1, -0.05) is 34.6 Å². The zero-order valence-electron chi connectivity index (χ0n) is 12.3. The summed E-state index contributed by atoms with van der Waals surface area (Å²) in [4.78, 5) is 11.7. The molecule has 1 atom stereocenters. The minimum atomic E-state index is 0.157. The number of rotatable bonds is 8. The van der Waals surface area contributed by atoms with E-state index in [9.17, 15) is 4.79 Å². The lowest BCUT2D eigenvalue weighted by Gasteiger charge is -2.25. The van der Waals surface area contributed by atoms with Gasteiger partial charge >= 0.3 is 0 Å². The molecule has 0 rings (SSSR count). The van der Waals surface area contributed by atoms with E-state index in [2.05, 4.69) is 45.3 Å². The van der Waals surface area contributed by atoms with E-state index in [1.165, 1.54) is 0 Å². The Morgan fingerprint density at radius 2 is 1.59 bits per heavy atom. The molecule has 0 aromatic heterocycles. The normalized spacial score (nSPS) is 13.5. The summed E-state index contributed by atoms with van der Waals surface area (Å²) in [6.45, 7) is 14.7. The predicted molar refractivity (Wildman–Crippen MR) is 73.9 cm³/mol. The number of hydrogen-bond acceptors (Lipinski definition) is 2. The van der Waals surface area contributed by atoms with Crippen molar-refractivity contribution in [2.45, 2.75) is 54.0 Å². The lowest BCUT2D eigenvalue weighted by atomic mass is 9.85. The molecule has 1 unspecified atom stereocenters. The van der Waals surface area contributed by atoms with Crippen molar-refractivity contribution in [2.75, 3.05) is 13.1 Å². The molecule has 2 N–H and O–H groups in total. The zero-order chi connectivity index (χ0) is 13.4. The number of carbonyl (C=O) groups is 1. The van der Waals surface area contributed by atoms with Gasteiger partial charge in [-0.3, -0.25) is 4.79 Å². The van der Waals surface area contributed by atoms with Crippen LogP contribution in [-0.4, -0.2) is 25.0 Å². The van der Waals surface area contributed by atoms with E-state index in [-0.39, 0.29) is 11.9 Å². The highest BCUT2D eigenvalue weighted by molar-refractivity contribution is 5.76. The van der Waals surface area contributed by atoms with Gasteiger partial charge in [0.1, 0.15) is 0 Å². The van der Waals surface area contributed by atoms with Gasteiger partial charge < -0.3 is 10.6 Å². The molecule has 0 bridgehead atoms. The fourth-order valence-corrected chi connectivity index (χ4v) is 2.24. The highest BCUT2D eigenvalue weighted by Gasteiger charge is 2.18. The quantitative estimate of drug-likeness (QED) is 0.686. The Bertz CT molecular complexity index is 206. The van der Waals surface area contributed by atoms with Gasteiger partial charge in [-0.2, -0.15) is 0 Å². The van der Waals surface area contributed by atoms with Gasteiger partial charge in [0.2, 0.25) is 5.91 Å². The fraction of sp³-hybridized carbons (Fsp3) is 0.929. The SMILES string of the molecule is CCNC(C)CC(=O)NCC(C(C)C)C(C)C. The van der Waals surface area contributed by atoms with Crippen molar-refractivity contribution in [1.82, 2.24) is 10.6 Å². The van der Waals surface area contributed by atoms with Crippen molar-refractivity contribution >= 4 is 5.91 Å². The topological polar surface area (TPSA) is 41.1 Å². The van der Waals surface area contributed by atoms with E-state index in [4.69, 9.17) is 0 Å². The maximum Gasteiger partial charge on any atom is 0.221 e. The largest absolute Gasteiger partial charge is 0.356 e. The highest BCUT2D eigenvalue weighted by atomic mass is 16.1. The van der Waals surface area contributed by atoms with Crippen molar-refractivity contribution in [1.29, 1.82) is 0 Å². The van der Waals surface area contributed by atoms with Crippen molar-refractivity contribution < 1.29 is 4.79 Å². The minimum Gasteiger partial charge on any atom is -0.356 e. The Morgan fingerprint density at radius 3 is 2.00 bits per heavy atom. The average molecular weight is 242 g/mol. The Hall–Kier alpha value is -0.570. The molecule has 3 nitrogen and oxygen atoms in total. The maximum absolute atomic E-state index is 11.7. The molecule has 0 aliphatic carbocycles. The first-order valence-corrected chi connectivity index (χ1v) is 6.88. The van der Waals surface area contributed by atoms with Gasteiger partial charge in [-0.25, -0.2) is 0 Å². The van der Waals surface area contributed by atoms with Crippen molar-refractivity contribution in [3.8, 4) is 0 Å².